The Morgan fingerprint density at radius 2 is 2.16 bits per heavy atom. The molecule has 1 aromatic carbocycles. The summed E-state index contributed by atoms with van der Waals surface area (Å²) in [6.45, 7) is 2.27. The molecule has 1 aromatic heterocycles. The van der Waals surface area contributed by atoms with Gasteiger partial charge >= 0.3 is 0 Å². The molecule has 1 heterocycles. The highest BCUT2D eigenvalue weighted by Gasteiger charge is 2.15. The third-order valence-corrected chi connectivity index (χ3v) is 3.53. The molecule has 0 aliphatic rings. The van der Waals surface area contributed by atoms with E-state index in [1.807, 2.05) is 13.0 Å². The van der Waals surface area contributed by atoms with Crippen molar-refractivity contribution in [2.45, 2.75) is 13.5 Å². The SMILES string of the molecule is Cc1occc1CN(C)C(=O)c1ccc(Br)c(F)c1. The van der Waals surface area contributed by atoms with Gasteiger partial charge in [-0.05, 0) is 47.1 Å². The van der Waals surface area contributed by atoms with Crippen LogP contribution in [0.3, 0.4) is 0 Å². The lowest BCUT2D eigenvalue weighted by atomic mass is 10.2. The zero-order valence-electron chi connectivity index (χ0n) is 10.6. The Morgan fingerprint density at radius 1 is 1.42 bits per heavy atom. The third kappa shape index (κ3) is 3.04. The Labute approximate surface area is 119 Å². The predicted octanol–water partition coefficient (Wildman–Crippen LogP) is 3.76. The van der Waals surface area contributed by atoms with Crippen molar-refractivity contribution in [1.82, 2.24) is 4.90 Å². The average molecular weight is 326 g/mol. The topological polar surface area (TPSA) is 33.5 Å². The minimum atomic E-state index is -0.446. The second-order valence-electron chi connectivity index (χ2n) is 4.29. The second kappa shape index (κ2) is 5.57. The van der Waals surface area contributed by atoms with Crippen LogP contribution in [0.5, 0.6) is 0 Å². The van der Waals surface area contributed by atoms with Crippen molar-refractivity contribution in [2.75, 3.05) is 7.05 Å². The van der Waals surface area contributed by atoms with Gasteiger partial charge in [0.25, 0.3) is 5.91 Å². The Balaban J connectivity index is 2.15. The maximum absolute atomic E-state index is 13.4. The second-order valence-corrected chi connectivity index (χ2v) is 5.15. The van der Waals surface area contributed by atoms with E-state index in [1.165, 1.54) is 17.0 Å². The molecule has 1 amide bonds. The van der Waals surface area contributed by atoms with Gasteiger partial charge in [0.15, 0.2) is 0 Å². The van der Waals surface area contributed by atoms with E-state index in [4.69, 9.17) is 4.42 Å². The van der Waals surface area contributed by atoms with Crippen molar-refractivity contribution in [1.29, 1.82) is 0 Å². The molecule has 0 bridgehead atoms. The zero-order valence-corrected chi connectivity index (χ0v) is 12.2. The molecule has 0 saturated heterocycles. The Hall–Kier alpha value is -1.62. The van der Waals surface area contributed by atoms with Gasteiger partial charge in [0.1, 0.15) is 11.6 Å². The molecule has 0 aliphatic heterocycles. The molecule has 19 heavy (non-hydrogen) atoms. The van der Waals surface area contributed by atoms with Gasteiger partial charge in [-0.2, -0.15) is 0 Å². The summed E-state index contributed by atoms with van der Waals surface area (Å²) in [5, 5.41) is 0. The lowest BCUT2D eigenvalue weighted by Crippen LogP contribution is -2.26. The minimum Gasteiger partial charge on any atom is -0.469 e. The number of amides is 1. The fourth-order valence-corrected chi connectivity index (χ4v) is 2.00. The first-order valence-corrected chi connectivity index (χ1v) is 6.52. The summed E-state index contributed by atoms with van der Waals surface area (Å²) in [5.74, 6) is 0.104. The molecule has 0 atom stereocenters. The van der Waals surface area contributed by atoms with Gasteiger partial charge in [0.2, 0.25) is 0 Å². The Kier molecular flexibility index (Phi) is 4.04. The molecule has 0 unspecified atom stereocenters. The van der Waals surface area contributed by atoms with Crippen molar-refractivity contribution in [3.8, 4) is 0 Å². The van der Waals surface area contributed by atoms with Crippen LogP contribution in [0.15, 0.2) is 39.4 Å². The van der Waals surface area contributed by atoms with Gasteiger partial charge < -0.3 is 9.32 Å². The molecule has 3 nitrogen and oxygen atoms in total. The summed E-state index contributed by atoms with van der Waals surface area (Å²) in [4.78, 5) is 13.7. The van der Waals surface area contributed by atoms with Crippen LogP contribution in [0.2, 0.25) is 0 Å². The van der Waals surface area contributed by atoms with E-state index in [0.717, 1.165) is 11.3 Å². The molecule has 0 radical (unpaired) electrons. The fraction of sp³-hybridized carbons (Fsp3) is 0.214. The van der Waals surface area contributed by atoms with Crippen LogP contribution in [0.1, 0.15) is 21.7 Å². The maximum Gasteiger partial charge on any atom is 0.254 e. The zero-order chi connectivity index (χ0) is 14.0. The molecule has 0 aliphatic carbocycles. The van der Waals surface area contributed by atoms with Crippen LogP contribution in [-0.4, -0.2) is 17.9 Å². The number of rotatable bonds is 3. The van der Waals surface area contributed by atoms with Crippen LogP contribution in [0.4, 0.5) is 4.39 Å². The standard InChI is InChI=1S/C14H13BrFNO2/c1-9-11(5-6-19-9)8-17(2)14(18)10-3-4-12(15)13(16)7-10/h3-7H,8H2,1-2H3. The van der Waals surface area contributed by atoms with Gasteiger partial charge in [-0.1, -0.05) is 0 Å². The normalized spacial score (nSPS) is 10.5. The van der Waals surface area contributed by atoms with Crippen LogP contribution in [0, 0.1) is 12.7 Å². The van der Waals surface area contributed by atoms with Crippen molar-refractivity contribution in [3.05, 3.63) is 57.7 Å². The summed E-state index contributed by atoms with van der Waals surface area (Å²) in [6, 6.07) is 6.17. The summed E-state index contributed by atoms with van der Waals surface area (Å²) < 4.78 is 18.9. The molecular weight excluding hydrogens is 313 g/mol. The molecule has 0 saturated carbocycles. The molecule has 2 aromatic rings. The summed E-state index contributed by atoms with van der Waals surface area (Å²) >= 11 is 3.06. The first kappa shape index (κ1) is 13.8. The summed E-state index contributed by atoms with van der Waals surface area (Å²) in [5.41, 5.74) is 1.26. The van der Waals surface area contributed by atoms with Crippen LogP contribution in [0.25, 0.3) is 0 Å². The minimum absolute atomic E-state index is 0.230. The molecule has 0 fully saturated rings. The van der Waals surface area contributed by atoms with E-state index in [2.05, 4.69) is 15.9 Å². The monoisotopic (exact) mass is 325 g/mol. The number of aryl methyl sites for hydroxylation is 1. The average Bonchev–Trinajstić information content (AvgIpc) is 2.77. The lowest BCUT2D eigenvalue weighted by molar-refractivity contribution is 0.0784. The van der Waals surface area contributed by atoms with Crippen LogP contribution in [-0.2, 0) is 6.54 Å². The quantitative estimate of drug-likeness (QED) is 0.860. The highest BCUT2D eigenvalue weighted by Crippen LogP contribution is 2.18. The van der Waals surface area contributed by atoms with Gasteiger partial charge in [-0.25, -0.2) is 4.39 Å². The number of hydrogen-bond donors (Lipinski definition) is 0. The van der Waals surface area contributed by atoms with Crippen molar-refractivity contribution in [3.63, 3.8) is 0 Å². The smallest absolute Gasteiger partial charge is 0.254 e. The highest BCUT2D eigenvalue weighted by atomic mass is 79.9. The number of nitrogens with zero attached hydrogens (tertiary/aromatic N) is 1. The van der Waals surface area contributed by atoms with Gasteiger partial charge in [-0.3, -0.25) is 4.79 Å². The first-order chi connectivity index (χ1) is 8.99. The number of benzene rings is 1. The highest BCUT2D eigenvalue weighted by molar-refractivity contribution is 9.10. The number of halogens is 2. The number of furan rings is 1. The van der Waals surface area contributed by atoms with E-state index < -0.39 is 5.82 Å². The van der Waals surface area contributed by atoms with E-state index in [1.54, 1.807) is 19.4 Å². The van der Waals surface area contributed by atoms with Crippen molar-refractivity contribution < 1.29 is 13.6 Å². The predicted molar refractivity (Wildman–Crippen MR) is 73.3 cm³/mol. The van der Waals surface area contributed by atoms with Crippen molar-refractivity contribution >= 4 is 21.8 Å². The van der Waals surface area contributed by atoms with E-state index >= 15 is 0 Å². The third-order valence-electron chi connectivity index (χ3n) is 2.89. The van der Waals surface area contributed by atoms with Crippen LogP contribution < -0.4 is 0 Å². The molecule has 0 spiro atoms. The lowest BCUT2D eigenvalue weighted by Gasteiger charge is -2.17. The van der Waals surface area contributed by atoms with E-state index in [0.29, 0.717) is 16.6 Å². The number of carbonyl (C=O) groups excluding carboxylic acids is 1. The van der Waals surface area contributed by atoms with Gasteiger partial charge in [0.05, 0.1) is 10.7 Å². The van der Waals surface area contributed by atoms with E-state index in [9.17, 15) is 9.18 Å². The van der Waals surface area contributed by atoms with Gasteiger partial charge in [-0.15, -0.1) is 0 Å². The van der Waals surface area contributed by atoms with Crippen LogP contribution >= 0.6 is 15.9 Å². The van der Waals surface area contributed by atoms with Gasteiger partial charge in [0, 0.05) is 24.7 Å². The Morgan fingerprint density at radius 3 is 2.74 bits per heavy atom. The van der Waals surface area contributed by atoms with E-state index in [-0.39, 0.29) is 5.91 Å². The summed E-state index contributed by atoms with van der Waals surface area (Å²) in [6.07, 6.45) is 1.59. The van der Waals surface area contributed by atoms with Crippen molar-refractivity contribution in [2.24, 2.45) is 0 Å². The first-order valence-electron chi connectivity index (χ1n) is 5.72. The maximum atomic E-state index is 13.4. The Bertz CT molecular complexity index is 609. The molecule has 0 N–H and O–H groups in total. The molecule has 2 rings (SSSR count). The molecule has 100 valence electrons. The molecular formula is C14H13BrFNO2. The molecule has 5 heteroatoms. The summed E-state index contributed by atoms with van der Waals surface area (Å²) in [7, 11) is 1.68. The largest absolute Gasteiger partial charge is 0.469 e. The number of carbonyl (C=O) groups is 1. The number of hydrogen-bond acceptors (Lipinski definition) is 2. The fourth-order valence-electron chi connectivity index (χ4n) is 1.75.